The van der Waals surface area contributed by atoms with Crippen molar-refractivity contribution in [1.82, 2.24) is 20.4 Å². The molecule has 2 N–H and O–H groups in total. The molecule has 0 radical (unpaired) electrons. The van der Waals surface area contributed by atoms with Crippen molar-refractivity contribution in [1.29, 1.82) is 0 Å². The van der Waals surface area contributed by atoms with Gasteiger partial charge in [-0.15, -0.1) is 0 Å². The summed E-state index contributed by atoms with van der Waals surface area (Å²) in [4.78, 5) is 31.3. The number of likely N-dealkylation sites (N-methyl/N-ethyl adjacent to an activating group) is 1. The van der Waals surface area contributed by atoms with E-state index in [4.69, 9.17) is 0 Å². The molecule has 4 rings (SSSR count). The van der Waals surface area contributed by atoms with E-state index >= 15 is 0 Å². The summed E-state index contributed by atoms with van der Waals surface area (Å²) in [6, 6.07) is 10.1. The number of amides is 2. The lowest BCUT2D eigenvalue weighted by molar-refractivity contribution is -0.138. The third kappa shape index (κ3) is 6.08. The van der Waals surface area contributed by atoms with E-state index in [1.165, 1.54) is 12.0 Å². The number of nitrogens with one attached hydrogen (secondary N) is 2. The molecule has 2 aliphatic heterocycles. The maximum atomic E-state index is 14.0. The Morgan fingerprint density at radius 2 is 1.82 bits per heavy atom. The number of nitrogens with zero attached hydrogens (tertiary/aromatic N) is 2. The topological polar surface area (TPSA) is 64.7 Å². The number of hydrogen-bond donors (Lipinski definition) is 2. The quantitative estimate of drug-likeness (QED) is 0.617. The first-order chi connectivity index (χ1) is 16.6. The zero-order valence-corrected chi connectivity index (χ0v) is 20.9. The van der Waals surface area contributed by atoms with E-state index in [0.717, 1.165) is 64.6 Å². The number of rotatable bonds is 8. The molecule has 1 unspecified atom stereocenters. The highest BCUT2D eigenvalue weighted by Crippen LogP contribution is 2.33. The van der Waals surface area contributed by atoms with Crippen LogP contribution in [0.5, 0.6) is 0 Å². The van der Waals surface area contributed by atoms with Gasteiger partial charge in [-0.05, 0) is 64.1 Å². The minimum Gasteiger partial charge on any atom is -0.343 e. The summed E-state index contributed by atoms with van der Waals surface area (Å²) in [5.41, 5.74) is 1.36. The lowest BCUT2D eigenvalue weighted by Crippen LogP contribution is -2.57. The fraction of sp³-hybridized carbons (Fsp3) is 0.643. The summed E-state index contributed by atoms with van der Waals surface area (Å²) in [6.07, 6.45) is 13.1. The second kappa shape index (κ2) is 12.0. The van der Waals surface area contributed by atoms with Gasteiger partial charge in [0.2, 0.25) is 11.8 Å². The fourth-order valence-corrected chi connectivity index (χ4v) is 5.86. The van der Waals surface area contributed by atoms with Gasteiger partial charge in [-0.1, -0.05) is 55.7 Å². The minimum atomic E-state index is -0.437. The first-order valence-electron chi connectivity index (χ1n) is 13.3. The number of hydrogen-bond acceptors (Lipinski definition) is 4. The Morgan fingerprint density at radius 1 is 1.06 bits per heavy atom. The van der Waals surface area contributed by atoms with Gasteiger partial charge in [0.15, 0.2) is 0 Å². The maximum Gasteiger partial charge on any atom is 0.249 e. The van der Waals surface area contributed by atoms with Gasteiger partial charge in [-0.2, -0.15) is 0 Å². The van der Waals surface area contributed by atoms with E-state index in [-0.39, 0.29) is 29.8 Å². The van der Waals surface area contributed by atoms with Crippen LogP contribution in [-0.4, -0.2) is 66.4 Å². The monoisotopic (exact) mass is 466 g/mol. The maximum absolute atomic E-state index is 14.0. The molecule has 1 saturated heterocycles. The van der Waals surface area contributed by atoms with Crippen molar-refractivity contribution < 1.29 is 9.59 Å². The van der Waals surface area contributed by atoms with Crippen LogP contribution in [0.2, 0.25) is 0 Å². The zero-order chi connectivity index (χ0) is 23.9. The zero-order valence-electron chi connectivity index (χ0n) is 20.9. The van der Waals surface area contributed by atoms with Gasteiger partial charge in [-0.25, -0.2) is 0 Å². The summed E-state index contributed by atoms with van der Waals surface area (Å²) in [6.45, 7) is 4.84. The summed E-state index contributed by atoms with van der Waals surface area (Å²) in [5.74, 6) is 0.625. The highest BCUT2D eigenvalue weighted by molar-refractivity contribution is 5.90. The van der Waals surface area contributed by atoms with Crippen molar-refractivity contribution in [2.75, 3.05) is 26.7 Å². The molecule has 2 heterocycles. The van der Waals surface area contributed by atoms with Crippen molar-refractivity contribution in [2.24, 2.45) is 11.8 Å². The molecule has 2 fully saturated rings. The van der Waals surface area contributed by atoms with Gasteiger partial charge in [0.1, 0.15) is 6.04 Å². The van der Waals surface area contributed by atoms with Crippen molar-refractivity contribution in [3.05, 3.63) is 48.2 Å². The molecule has 4 atom stereocenters. The predicted molar refractivity (Wildman–Crippen MR) is 136 cm³/mol. The summed E-state index contributed by atoms with van der Waals surface area (Å²) < 4.78 is 0. The first-order valence-corrected chi connectivity index (χ1v) is 13.3. The van der Waals surface area contributed by atoms with Gasteiger partial charge in [0, 0.05) is 25.2 Å². The van der Waals surface area contributed by atoms with Crippen LogP contribution in [-0.2, 0) is 16.0 Å². The number of fused-ring (bicyclic) bond motifs is 1. The van der Waals surface area contributed by atoms with Gasteiger partial charge in [0.05, 0.1) is 12.1 Å². The minimum absolute atomic E-state index is 0.0808. The molecule has 1 aliphatic carbocycles. The van der Waals surface area contributed by atoms with E-state index in [2.05, 4.69) is 51.9 Å². The van der Waals surface area contributed by atoms with E-state index in [0.29, 0.717) is 5.92 Å². The van der Waals surface area contributed by atoms with Crippen LogP contribution >= 0.6 is 0 Å². The third-order valence-electron chi connectivity index (χ3n) is 8.13. The van der Waals surface area contributed by atoms with Gasteiger partial charge >= 0.3 is 0 Å². The second-order valence-corrected chi connectivity index (χ2v) is 10.4. The molecule has 1 aromatic rings. The Bertz CT molecular complexity index is 836. The Kier molecular flexibility index (Phi) is 8.79. The van der Waals surface area contributed by atoms with Crippen molar-refractivity contribution in [3.63, 3.8) is 0 Å². The molecular formula is C28H42N4O2. The molecule has 6 nitrogen and oxygen atoms in total. The standard InChI is InChI=1S/C28H42N4O2/c1-21(29-2)27(33)30-26(24-12-7-4-8-13-24)28(34)32-19-16-23-14-9-17-31(20-25(23)32)18-15-22-10-5-3-6-11-22/h3,5-6,10-11,16,19,21,23-26,29H,4,7-9,12-15,17-18,20H2,1-2H3,(H,30,33)/t21?,23-,25+,26+/m0/s1. The predicted octanol–water partition coefficient (Wildman–Crippen LogP) is 3.34. The van der Waals surface area contributed by atoms with Crippen LogP contribution in [0.25, 0.3) is 0 Å². The van der Waals surface area contributed by atoms with Crippen LogP contribution in [0.3, 0.4) is 0 Å². The van der Waals surface area contributed by atoms with Crippen LogP contribution in [0.1, 0.15) is 57.4 Å². The molecule has 1 saturated carbocycles. The highest BCUT2D eigenvalue weighted by atomic mass is 16.2. The summed E-state index contributed by atoms with van der Waals surface area (Å²) in [5, 5.41) is 6.15. The van der Waals surface area contributed by atoms with Crippen molar-refractivity contribution in [3.8, 4) is 0 Å². The number of carbonyl (C=O) groups excluding carboxylic acids is 2. The average molecular weight is 467 g/mol. The Morgan fingerprint density at radius 3 is 2.56 bits per heavy atom. The lowest BCUT2D eigenvalue weighted by atomic mass is 9.83. The van der Waals surface area contributed by atoms with E-state index in [1.807, 2.05) is 18.0 Å². The molecule has 3 aliphatic rings. The SMILES string of the molecule is CNC(C)C(=O)N[C@@H](C(=O)N1C=C[C@@H]2CCCN(CCc3ccccc3)C[C@H]21)C1CCCCC1. The van der Waals surface area contributed by atoms with E-state index in [9.17, 15) is 9.59 Å². The lowest BCUT2D eigenvalue weighted by Gasteiger charge is -2.37. The average Bonchev–Trinajstić information content (AvgIpc) is 3.16. The summed E-state index contributed by atoms with van der Waals surface area (Å²) >= 11 is 0. The molecule has 0 bridgehead atoms. The molecule has 6 heteroatoms. The normalized spacial score (nSPS) is 25.4. The summed E-state index contributed by atoms with van der Waals surface area (Å²) in [7, 11) is 1.78. The molecule has 0 spiro atoms. The largest absolute Gasteiger partial charge is 0.343 e. The van der Waals surface area contributed by atoms with Crippen LogP contribution in [0.15, 0.2) is 42.6 Å². The fourth-order valence-electron chi connectivity index (χ4n) is 5.86. The van der Waals surface area contributed by atoms with Gasteiger partial charge in [-0.3, -0.25) is 9.59 Å². The third-order valence-corrected chi connectivity index (χ3v) is 8.13. The van der Waals surface area contributed by atoms with E-state index < -0.39 is 6.04 Å². The molecule has 1 aromatic carbocycles. The Labute approximate surface area is 205 Å². The smallest absolute Gasteiger partial charge is 0.249 e. The Hall–Kier alpha value is -2.18. The molecule has 186 valence electrons. The molecule has 34 heavy (non-hydrogen) atoms. The Balaban J connectivity index is 1.45. The molecule has 0 aromatic heterocycles. The van der Waals surface area contributed by atoms with Crippen molar-refractivity contribution >= 4 is 11.8 Å². The second-order valence-electron chi connectivity index (χ2n) is 10.4. The molecule has 2 amide bonds. The van der Waals surface area contributed by atoms with Crippen LogP contribution < -0.4 is 10.6 Å². The number of likely N-dealkylation sites (tertiary alicyclic amines) is 1. The van der Waals surface area contributed by atoms with E-state index in [1.54, 1.807) is 7.05 Å². The number of carbonyl (C=O) groups is 2. The number of benzene rings is 1. The van der Waals surface area contributed by atoms with Gasteiger partial charge < -0.3 is 20.4 Å². The highest BCUT2D eigenvalue weighted by Gasteiger charge is 2.41. The van der Waals surface area contributed by atoms with Crippen LogP contribution in [0, 0.1) is 11.8 Å². The first kappa shape index (κ1) is 24.9. The van der Waals surface area contributed by atoms with Gasteiger partial charge in [0.25, 0.3) is 0 Å². The molecular weight excluding hydrogens is 424 g/mol. The van der Waals surface area contributed by atoms with Crippen LogP contribution in [0.4, 0.5) is 0 Å². The van der Waals surface area contributed by atoms with Crippen molar-refractivity contribution in [2.45, 2.75) is 76.4 Å².